The monoisotopic (exact) mass is 346 g/mol. The molecule has 6 heteroatoms. The summed E-state index contributed by atoms with van der Waals surface area (Å²) >= 11 is 0. The van der Waals surface area contributed by atoms with E-state index in [1.165, 1.54) is 16.5 Å². The first-order chi connectivity index (χ1) is 12.9. The highest BCUT2D eigenvalue weighted by atomic mass is 15.3. The molecule has 0 amide bonds. The van der Waals surface area contributed by atoms with Crippen molar-refractivity contribution in [3.8, 4) is 0 Å². The summed E-state index contributed by atoms with van der Waals surface area (Å²) in [6.45, 7) is 3.50. The van der Waals surface area contributed by atoms with Gasteiger partial charge < -0.3 is 16.0 Å². The van der Waals surface area contributed by atoms with Crippen LogP contribution < -0.4 is 16.0 Å². The van der Waals surface area contributed by atoms with E-state index in [9.17, 15) is 0 Å². The van der Waals surface area contributed by atoms with Gasteiger partial charge in [0.2, 0.25) is 0 Å². The number of hydrogen-bond donors (Lipinski definition) is 4. The third kappa shape index (κ3) is 3.60. The Kier molecular flexibility index (Phi) is 4.93. The molecule has 0 atom stereocenters. The quantitative estimate of drug-likeness (QED) is 0.369. The van der Waals surface area contributed by atoms with Crippen LogP contribution in [0.1, 0.15) is 0 Å². The molecule has 1 aromatic heterocycles. The number of benzene rings is 3. The van der Waals surface area contributed by atoms with E-state index >= 15 is 0 Å². The Morgan fingerprint density at radius 2 is 1.46 bits per heavy atom. The highest BCUT2D eigenvalue weighted by Gasteiger charge is 2.03. The molecule has 0 aliphatic rings. The van der Waals surface area contributed by atoms with Crippen molar-refractivity contribution in [3.05, 3.63) is 60.7 Å². The summed E-state index contributed by atoms with van der Waals surface area (Å²) in [4.78, 5) is 0. The van der Waals surface area contributed by atoms with E-state index in [1.807, 2.05) is 18.2 Å². The number of H-pyrrole nitrogens is 1. The van der Waals surface area contributed by atoms with Crippen molar-refractivity contribution >= 4 is 33.2 Å². The van der Waals surface area contributed by atoms with Crippen molar-refractivity contribution < 1.29 is 0 Å². The van der Waals surface area contributed by atoms with Crippen LogP contribution in [0.3, 0.4) is 0 Å². The maximum absolute atomic E-state index is 4.11. The van der Waals surface area contributed by atoms with E-state index in [0.717, 1.165) is 42.9 Å². The minimum Gasteiger partial charge on any atom is -0.383 e. The molecule has 4 N–H and O–H groups in total. The van der Waals surface area contributed by atoms with Crippen LogP contribution in [0.4, 0.5) is 11.4 Å². The predicted octanol–water partition coefficient (Wildman–Crippen LogP) is 3.22. The topological polar surface area (TPSA) is 77.7 Å². The minimum atomic E-state index is 0.834. The van der Waals surface area contributed by atoms with Crippen LogP contribution >= 0.6 is 0 Å². The maximum Gasteiger partial charge on any atom is 0.135 e. The van der Waals surface area contributed by atoms with Gasteiger partial charge in [-0.25, -0.2) is 0 Å². The summed E-state index contributed by atoms with van der Waals surface area (Å²) in [6.07, 6.45) is 0. The summed E-state index contributed by atoms with van der Waals surface area (Å²) in [5.74, 6) is 0. The molecule has 0 fully saturated rings. The fourth-order valence-electron chi connectivity index (χ4n) is 3.09. The summed E-state index contributed by atoms with van der Waals surface area (Å²) in [7, 11) is 0. The van der Waals surface area contributed by atoms with Crippen molar-refractivity contribution in [1.82, 2.24) is 20.7 Å². The highest BCUT2D eigenvalue weighted by molar-refractivity contribution is 5.93. The molecule has 0 radical (unpaired) electrons. The molecule has 0 aliphatic heterocycles. The molecule has 0 bridgehead atoms. The van der Waals surface area contributed by atoms with Crippen LogP contribution in [-0.2, 0) is 0 Å². The van der Waals surface area contributed by atoms with Gasteiger partial charge >= 0.3 is 0 Å². The Morgan fingerprint density at radius 1 is 0.731 bits per heavy atom. The average molecular weight is 346 g/mol. The van der Waals surface area contributed by atoms with E-state index in [1.54, 1.807) is 0 Å². The first-order valence-corrected chi connectivity index (χ1v) is 8.88. The highest BCUT2D eigenvalue weighted by Crippen LogP contribution is 2.22. The van der Waals surface area contributed by atoms with Gasteiger partial charge in [0, 0.05) is 37.3 Å². The van der Waals surface area contributed by atoms with Crippen LogP contribution in [0.25, 0.3) is 21.8 Å². The van der Waals surface area contributed by atoms with Gasteiger partial charge in [-0.05, 0) is 23.6 Å². The molecular weight excluding hydrogens is 324 g/mol. The zero-order valence-corrected chi connectivity index (χ0v) is 14.5. The summed E-state index contributed by atoms with van der Waals surface area (Å²) < 4.78 is 0. The SMILES string of the molecule is c1ccc2c(NCCNCCNc3cccc4[nH]nnc34)cccc2c1. The zero-order valence-electron chi connectivity index (χ0n) is 14.5. The van der Waals surface area contributed by atoms with Crippen molar-refractivity contribution in [2.45, 2.75) is 0 Å². The molecule has 0 spiro atoms. The Balaban J connectivity index is 1.20. The first kappa shape index (κ1) is 16.4. The number of nitrogens with zero attached hydrogens (tertiary/aromatic N) is 2. The van der Waals surface area contributed by atoms with Gasteiger partial charge in [0.15, 0.2) is 0 Å². The Morgan fingerprint density at radius 3 is 2.38 bits per heavy atom. The van der Waals surface area contributed by atoms with Crippen molar-refractivity contribution in [2.24, 2.45) is 0 Å². The second-order valence-electron chi connectivity index (χ2n) is 6.14. The lowest BCUT2D eigenvalue weighted by Crippen LogP contribution is -2.27. The second-order valence-corrected chi connectivity index (χ2v) is 6.14. The predicted molar refractivity (Wildman–Crippen MR) is 108 cm³/mol. The Bertz CT molecular complexity index is 988. The van der Waals surface area contributed by atoms with Gasteiger partial charge in [-0.3, -0.25) is 5.10 Å². The van der Waals surface area contributed by atoms with Crippen LogP contribution in [0.2, 0.25) is 0 Å². The van der Waals surface area contributed by atoms with E-state index in [2.05, 4.69) is 73.8 Å². The molecule has 4 aromatic rings. The van der Waals surface area contributed by atoms with Gasteiger partial charge in [0.05, 0.1) is 11.2 Å². The molecule has 0 saturated heterocycles. The van der Waals surface area contributed by atoms with Gasteiger partial charge in [-0.15, -0.1) is 5.10 Å². The Labute approximate surface area is 152 Å². The molecule has 1 heterocycles. The largest absolute Gasteiger partial charge is 0.383 e. The van der Waals surface area contributed by atoms with Crippen molar-refractivity contribution in [1.29, 1.82) is 0 Å². The maximum atomic E-state index is 4.11. The molecule has 0 saturated carbocycles. The van der Waals surface area contributed by atoms with Crippen LogP contribution in [-0.4, -0.2) is 41.6 Å². The summed E-state index contributed by atoms with van der Waals surface area (Å²) in [5, 5.41) is 23.7. The lowest BCUT2D eigenvalue weighted by molar-refractivity contribution is 0.719. The molecule has 3 aromatic carbocycles. The van der Waals surface area contributed by atoms with E-state index in [0.29, 0.717) is 0 Å². The second kappa shape index (κ2) is 7.84. The van der Waals surface area contributed by atoms with E-state index in [4.69, 9.17) is 0 Å². The fraction of sp³-hybridized carbons (Fsp3) is 0.200. The van der Waals surface area contributed by atoms with E-state index < -0.39 is 0 Å². The zero-order chi connectivity index (χ0) is 17.6. The lowest BCUT2D eigenvalue weighted by Gasteiger charge is -2.11. The Hall–Kier alpha value is -3.12. The van der Waals surface area contributed by atoms with Crippen molar-refractivity contribution in [2.75, 3.05) is 36.8 Å². The molecule has 6 nitrogen and oxygen atoms in total. The van der Waals surface area contributed by atoms with Gasteiger partial charge in [0.1, 0.15) is 5.52 Å². The molecule has 0 unspecified atom stereocenters. The third-order valence-corrected chi connectivity index (χ3v) is 4.38. The number of anilines is 2. The molecule has 132 valence electrons. The van der Waals surface area contributed by atoms with Gasteiger partial charge in [-0.1, -0.05) is 47.7 Å². The molecule has 26 heavy (non-hydrogen) atoms. The van der Waals surface area contributed by atoms with Crippen LogP contribution in [0.5, 0.6) is 0 Å². The molecule has 4 rings (SSSR count). The summed E-state index contributed by atoms with van der Waals surface area (Å²) in [6, 6.07) is 20.8. The van der Waals surface area contributed by atoms with Crippen molar-refractivity contribution in [3.63, 3.8) is 0 Å². The van der Waals surface area contributed by atoms with Gasteiger partial charge in [0.25, 0.3) is 0 Å². The van der Waals surface area contributed by atoms with Gasteiger partial charge in [-0.2, -0.15) is 0 Å². The average Bonchev–Trinajstić information content (AvgIpc) is 3.17. The standard InChI is InChI=1S/C20H22N6/c1-2-7-16-15(5-1)6-3-8-17(16)22-13-11-21-12-14-23-18-9-4-10-19-20(18)25-26-24-19/h1-10,21-23H,11-14H2,(H,24,25,26). The number of aromatic amines is 1. The number of rotatable bonds is 8. The lowest BCUT2D eigenvalue weighted by atomic mass is 10.1. The fourth-order valence-corrected chi connectivity index (χ4v) is 3.09. The molecular formula is C20H22N6. The summed E-state index contributed by atoms with van der Waals surface area (Å²) in [5.41, 5.74) is 4.01. The smallest absolute Gasteiger partial charge is 0.135 e. The molecule has 0 aliphatic carbocycles. The first-order valence-electron chi connectivity index (χ1n) is 8.88. The van der Waals surface area contributed by atoms with Crippen LogP contribution in [0.15, 0.2) is 60.7 Å². The number of hydrogen-bond acceptors (Lipinski definition) is 5. The van der Waals surface area contributed by atoms with E-state index in [-0.39, 0.29) is 0 Å². The number of aromatic nitrogens is 3. The minimum absolute atomic E-state index is 0.834. The normalized spacial score (nSPS) is 11.1. The van der Waals surface area contributed by atoms with Crippen LogP contribution in [0, 0.1) is 0 Å². The number of nitrogens with one attached hydrogen (secondary N) is 4. The number of fused-ring (bicyclic) bond motifs is 2. The third-order valence-electron chi connectivity index (χ3n) is 4.38.